The second kappa shape index (κ2) is 15.4. The Hall–Kier alpha value is 1.89. The predicted octanol–water partition coefficient (Wildman–Crippen LogP) is -5.40. The molecular formula is CH13AlCaMgO7Si. The van der Waals surface area contributed by atoms with Crippen molar-refractivity contribution in [3.05, 3.63) is 0 Å². The topological polar surface area (TPSA) is 138 Å². The minimum atomic E-state index is -4.61. The fraction of sp³-hybridized carbons (Fsp3) is 0. The molecule has 7 nitrogen and oxygen atoms in total. The number of carboxylic acid groups (broad SMARTS) is 2. The molecule has 0 rings (SSSR count). The average molecular weight is 257 g/mol. The Morgan fingerprint density at radius 2 is 1.00 bits per heavy atom. The minimum Gasteiger partial charge on any atom is 0.316 e. The maximum Gasteiger partial charge on any atom is 0.316 e. The Morgan fingerprint density at radius 3 is 1.00 bits per heavy atom. The van der Waals surface area contributed by atoms with Gasteiger partial charge in [0.15, 0.2) is 17.4 Å². The quantitative estimate of drug-likeness (QED) is 0.238. The zero-order valence-corrected chi connectivity index (χ0v) is 5.09. The average Bonchev–Trinajstić information content (AvgIpc) is 1.19. The molecule has 11 heteroatoms. The van der Waals surface area contributed by atoms with Crippen LogP contribution in [0.1, 0.15) is 0 Å². The van der Waals surface area contributed by atoms with E-state index in [1.54, 1.807) is 0 Å². The first-order valence-corrected chi connectivity index (χ1v) is 3.33. The van der Waals surface area contributed by atoms with Crippen LogP contribution in [-0.2, 0) is 0 Å². The van der Waals surface area contributed by atoms with Crippen molar-refractivity contribution in [3.63, 3.8) is 0 Å². The first-order chi connectivity index (χ1) is 3.73. The first-order valence-electron chi connectivity index (χ1n) is 1.55. The van der Waals surface area contributed by atoms with Crippen LogP contribution in [0.4, 0.5) is 4.79 Å². The fourth-order valence-electron chi connectivity index (χ4n) is 0. The summed E-state index contributed by atoms with van der Waals surface area (Å²) in [7, 11) is -4.61. The Balaban J connectivity index is -0.0000000221. The molecule has 0 fully saturated rings. The number of hydrogen-bond donors (Lipinski definition) is 6. The van der Waals surface area contributed by atoms with Crippen LogP contribution in [0.3, 0.4) is 0 Å². The van der Waals surface area contributed by atoms with E-state index in [9.17, 15) is 0 Å². The van der Waals surface area contributed by atoms with Crippen LogP contribution in [0.2, 0.25) is 0 Å². The smallest absolute Gasteiger partial charge is 0.316 e. The van der Waals surface area contributed by atoms with Crippen LogP contribution in [0.5, 0.6) is 0 Å². The Morgan fingerprint density at radius 1 is 1.00 bits per heavy atom. The van der Waals surface area contributed by atoms with Crippen molar-refractivity contribution in [2.45, 2.75) is 0 Å². The maximum absolute atomic E-state index is 8.56. The van der Waals surface area contributed by atoms with Crippen molar-refractivity contribution in [3.8, 4) is 0 Å². The zero-order valence-electron chi connectivity index (χ0n) is 4.09. The monoisotopic (exact) mass is 256 g/mol. The van der Waals surface area contributed by atoms with Crippen LogP contribution in [0.15, 0.2) is 0 Å². The molecule has 6 N–H and O–H groups in total. The third-order valence-electron chi connectivity index (χ3n) is 0. The van der Waals surface area contributed by atoms with E-state index < -0.39 is 15.2 Å². The molecule has 0 aromatic carbocycles. The summed E-state index contributed by atoms with van der Waals surface area (Å²) in [4.78, 5) is 37.9. The van der Waals surface area contributed by atoms with Gasteiger partial charge in [-0.05, 0) is 0 Å². The summed E-state index contributed by atoms with van der Waals surface area (Å²) >= 11 is 0. The van der Waals surface area contributed by atoms with E-state index in [-0.39, 0.29) is 78.2 Å². The van der Waals surface area contributed by atoms with Crippen LogP contribution in [0, 0.1) is 0 Å². The van der Waals surface area contributed by atoms with E-state index in [1.807, 2.05) is 0 Å². The summed E-state index contributed by atoms with van der Waals surface area (Å²) in [5.41, 5.74) is 0. The summed E-state index contributed by atoms with van der Waals surface area (Å²) in [5, 5.41) is 13.9. The molecule has 0 atom stereocenters. The van der Waals surface area contributed by atoms with Gasteiger partial charge < -0.3 is 29.4 Å². The SMILES string of the molecule is O=C(O)O.O[Si](O)(O)O.[AlH3].[CaH2].[MgH2]. The largest absolute Gasteiger partial charge is 0.316 e. The van der Waals surface area contributed by atoms with Gasteiger partial charge in [-0.1, -0.05) is 0 Å². The molecule has 0 unspecified atom stereocenters. The van der Waals surface area contributed by atoms with Gasteiger partial charge in [-0.3, -0.25) is 0 Å². The van der Waals surface area contributed by atoms with Crippen LogP contribution in [0.25, 0.3) is 0 Å². The van der Waals surface area contributed by atoms with Gasteiger partial charge in [-0.25, -0.2) is 4.79 Å². The van der Waals surface area contributed by atoms with Crippen molar-refractivity contribution in [2.75, 3.05) is 0 Å². The summed E-state index contributed by atoms with van der Waals surface area (Å²) in [6, 6.07) is 0. The Bertz CT molecular complexity index is 85.9. The molecule has 0 radical (unpaired) electrons. The van der Waals surface area contributed by atoms with Gasteiger partial charge in [0.1, 0.15) is 0 Å². The molecule has 0 aliphatic heterocycles. The summed E-state index contributed by atoms with van der Waals surface area (Å²) < 4.78 is 0. The molecule has 0 heterocycles. The first kappa shape index (κ1) is 29.2. The van der Waals surface area contributed by atoms with E-state index in [0.717, 1.165) is 0 Å². The molecule has 70 valence electrons. The molecule has 0 amide bonds. The number of rotatable bonds is 0. The van der Waals surface area contributed by atoms with Crippen molar-refractivity contribution >= 4 is 93.4 Å². The summed E-state index contributed by atoms with van der Waals surface area (Å²) in [6.45, 7) is 0. The van der Waals surface area contributed by atoms with Gasteiger partial charge in [0, 0.05) is 0 Å². The van der Waals surface area contributed by atoms with Crippen molar-refractivity contribution in [2.24, 2.45) is 0 Å². The van der Waals surface area contributed by atoms with Crippen LogP contribution >= 0.6 is 0 Å². The molecule has 0 saturated heterocycles. The molecule has 0 aromatic heterocycles. The van der Waals surface area contributed by atoms with Gasteiger partial charge in [-0.2, -0.15) is 0 Å². The Kier molecular flexibility index (Phi) is 37.4. The second-order valence-electron chi connectivity index (χ2n) is 0.883. The summed E-state index contributed by atoms with van der Waals surface area (Å²) in [5.74, 6) is 0. The Labute approximate surface area is 126 Å². The number of hydrogen-bond acceptors (Lipinski definition) is 5. The molecule has 0 saturated carbocycles. The van der Waals surface area contributed by atoms with Gasteiger partial charge >= 0.3 is 76.0 Å². The molecule has 0 bridgehead atoms. The molecule has 0 spiro atoms. The van der Waals surface area contributed by atoms with E-state index in [2.05, 4.69) is 0 Å². The van der Waals surface area contributed by atoms with Crippen LogP contribution in [-0.4, -0.2) is 123 Å². The molecule has 0 aromatic rings. The maximum atomic E-state index is 8.56. The van der Waals surface area contributed by atoms with Gasteiger partial charge in [-0.15, -0.1) is 0 Å². The number of carbonyl (C=O) groups is 1. The third kappa shape index (κ3) is 396. The standard InChI is InChI=1S/CH2O3.Al.Ca.Mg.H4O4Si.7H/c2-1(3)4;;;;1-5(2,3)4;;;;;;;/h(H2,2,3,4);;;;1-4H;;;;;;;. The van der Waals surface area contributed by atoms with E-state index in [0.29, 0.717) is 0 Å². The predicted molar refractivity (Wildman–Crippen MR) is 52.3 cm³/mol. The molecule has 0 aliphatic rings. The summed E-state index contributed by atoms with van der Waals surface area (Å²) in [6.07, 6.45) is -1.83. The minimum absolute atomic E-state index is 0. The van der Waals surface area contributed by atoms with E-state index >= 15 is 0 Å². The normalized spacial score (nSPS) is 7.00. The third-order valence-corrected chi connectivity index (χ3v) is 0. The van der Waals surface area contributed by atoms with Gasteiger partial charge in [0.05, 0.1) is 0 Å². The van der Waals surface area contributed by atoms with Crippen molar-refractivity contribution in [1.29, 1.82) is 0 Å². The zero-order chi connectivity index (χ0) is 8.08. The van der Waals surface area contributed by atoms with Gasteiger partial charge in [0.2, 0.25) is 0 Å². The molecule has 12 heavy (non-hydrogen) atoms. The second-order valence-corrected chi connectivity index (χ2v) is 2.08. The van der Waals surface area contributed by atoms with E-state index in [1.165, 1.54) is 0 Å². The van der Waals surface area contributed by atoms with Crippen molar-refractivity contribution in [1.82, 2.24) is 0 Å². The fourth-order valence-corrected chi connectivity index (χ4v) is 0. The van der Waals surface area contributed by atoms with Crippen LogP contribution < -0.4 is 0 Å². The van der Waals surface area contributed by atoms with Gasteiger partial charge in [0.25, 0.3) is 0 Å². The molecular weight excluding hydrogens is 243 g/mol. The van der Waals surface area contributed by atoms with E-state index in [4.69, 9.17) is 34.2 Å². The van der Waals surface area contributed by atoms with Crippen molar-refractivity contribution < 1.29 is 34.2 Å². The molecule has 0 aliphatic carbocycles.